The molecule has 4 rings (SSSR count). The van der Waals surface area contributed by atoms with Crippen LogP contribution in [-0.2, 0) is 38.5 Å². The summed E-state index contributed by atoms with van der Waals surface area (Å²) in [6, 6.07) is 20.7. The molecule has 0 unspecified atom stereocenters. The van der Waals surface area contributed by atoms with Crippen molar-refractivity contribution in [2.24, 2.45) is 0 Å². The Morgan fingerprint density at radius 3 is 1.05 bits per heavy atom. The second-order valence-electron chi connectivity index (χ2n) is 16.1. The molecule has 0 spiro atoms. The zero-order valence-electron chi connectivity index (χ0n) is 36.4. The largest absolute Gasteiger partial charge is 0.324 e. The zero-order valence-corrected chi connectivity index (χ0v) is 36.4. The van der Waals surface area contributed by atoms with Crippen LogP contribution in [0.4, 0.5) is 23.3 Å². The first-order chi connectivity index (χ1) is 27.5. The average Bonchev–Trinajstić information content (AvgIpc) is 3.20. The molecule has 0 atom stereocenters. The molecule has 4 aromatic rings. The van der Waals surface area contributed by atoms with Crippen molar-refractivity contribution in [3.05, 3.63) is 88.0 Å². The molecule has 0 fully saturated rings. The van der Waals surface area contributed by atoms with E-state index >= 15 is 0 Å². The van der Waals surface area contributed by atoms with E-state index in [4.69, 9.17) is 15.0 Å². The molecule has 2 N–H and O–H groups in total. The smallest absolute Gasteiger partial charge is 0.232 e. The van der Waals surface area contributed by atoms with Crippen LogP contribution in [0.2, 0.25) is 0 Å². The maximum absolute atomic E-state index is 5.08. The van der Waals surface area contributed by atoms with Crippen molar-refractivity contribution in [1.29, 1.82) is 0 Å². The summed E-state index contributed by atoms with van der Waals surface area (Å²) in [4.78, 5) is 15.2. The van der Waals surface area contributed by atoms with Crippen molar-refractivity contribution >= 4 is 23.3 Å². The Hall–Kier alpha value is -3.73. The summed E-state index contributed by atoms with van der Waals surface area (Å²) in [5, 5.41) is 7.43. The van der Waals surface area contributed by atoms with Crippen LogP contribution in [0.3, 0.4) is 0 Å². The minimum atomic E-state index is 0.575. The van der Waals surface area contributed by atoms with Gasteiger partial charge in [-0.05, 0) is 141 Å². The SMILES string of the molecule is CCCCCc1cc(Nc2nc(Nc3cc(CCCCC)c(CCCCC)c(CCCCC)c3)nc(-c3cc[c]cc3)n2)cc(CCCCC)c1CCCCC. The minimum absolute atomic E-state index is 0.575. The van der Waals surface area contributed by atoms with E-state index in [0.717, 1.165) is 42.6 Å². The predicted molar refractivity (Wildman–Crippen MR) is 243 cm³/mol. The van der Waals surface area contributed by atoms with E-state index in [0.29, 0.717) is 17.7 Å². The molecule has 3 aromatic carbocycles. The molecule has 1 radical (unpaired) electrons. The fourth-order valence-electron chi connectivity index (χ4n) is 8.05. The Morgan fingerprint density at radius 1 is 0.411 bits per heavy atom. The van der Waals surface area contributed by atoms with Crippen LogP contribution in [0.1, 0.15) is 190 Å². The van der Waals surface area contributed by atoms with E-state index in [1.807, 2.05) is 24.3 Å². The molecular weight excluding hydrogens is 683 g/mol. The third-order valence-electron chi connectivity index (χ3n) is 11.3. The predicted octanol–water partition coefficient (Wildman–Crippen LogP) is 15.2. The fraction of sp³-hybridized carbons (Fsp3) is 0.588. The van der Waals surface area contributed by atoms with Crippen molar-refractivity contribution in [2.75, 3.05) is 10.6 Å². The number of aryl methyl sites for hydroxylation is 4. The summed E-state index contributed by atoms with van der Waals surface area (Å²) < 4.78 is 0. The van der Waals surface area contributed by atoms with Gasteiger partial charge in [0.05, 0.1) is 0 Å². The van der Waals surface area contributed by atoms with Gasteiger partial charge in [0.2, 0.25) is 11.9 Å². The maximum atomic E-state index is 5.08. The molecule has 56 heavy (non-hydrogen) atoms. The van der Waals surface area contributed by atoms with Crippen LogP contribution in [0.5, 0.6) is 0 Å². The van der Waals surface area contributed by atoms with E-state index in [1.165, 1.54) is 151 Å². The quantitative estimate of drug-likeness (QED) is 0.0540. The molecule has 0 aliphatic heterocycles. The number of aromatic nitrogens is 3. The van der Waals surface area contributed by atoms with Gasteiger partial charge in [-0.25, -0.2) is 0 Å². The molecule has 1 heterocycles. The number of benzene rings is 3. The Kier molecular flexibility index (Phi) is 21.1. The first-order valence-corrected chi connectivity index (χ1v) is 23.1. The van der Waals surface area contributed by atoms with Crippen LogP contribution in [0, 0.1) is 6.07 Å². The minimum Gasteiger partial charge on any atom is -0.324 e. The number of hydrogen-bond donors (Lipinski definition) is 2. The Balaban J connectivity index is 1.78. The summed E-state index contributed by atoms with van der Waals surface area (Å²) in [6.45, 7) is 13.8. The highest BCUT2D eigenvalue weighted by Gasteiger charge is 2.16. The summed E-state index contributed by atoms with van der Waals surface area (Å²) in [6.07, 6.45) is 29.3. The molecule has 5 nitrogen and oxygen atoms in total. The third kappa shape index (κ3) is 15.0. The zero-order chi connectivity index (χ0) is 39.8. The van der Waals surface area contributed by atoms with Gasteiger partial charge in [-0.1, -0.05) is 143 Å². The van der Waals surface area contributed by atoms with Crippen molar-refractivity contribution in [1.82, 2.24) is 15.0 Å². The second kappa shape index (κ2) is 26.2. The standard InChI is InChI=1S/C51H76N5/c1-7-13-20-30-41-36-45(37-42(31-21-14-8-2)47(41)34-24-17-11-5)52-50-54-49(40-28-26-19-27-29-40)55-51(56-50)53-46-38-43(32-22-15-9-3)48(35-25-18-12-6)44(39-46)33-23-16-10-4/h26-29,36-39H,7-18,20-25,30-35H2,1-6H3,(H2,52,53,54,55,56). The molecule has 0 bridgehead atoms. The molecule has 0 amide bonds. The third-order valence-corrected chi connectivity index (χ3v) is 11.3. The van der Waals surface area contributed by atoms with Crippen molar-refractivity contribution in [3.63, 3.8) is 0 Å². The lowest BCUT2D eigenvalue weighted by Gasteiger charge is -2.19. The van der Waals surface area contributed by atoms with E-state index in [9.17, 15) is 0 Å². The highest BCUT2D eigenvalue weighted by atomic mass is 15.2. The molecule has 0 aliphatic rings. The van der Waals surface area contributed by atoms with Gasteiger partial charge in [-0.2, -0.15) is 15.0 Å². The maximum Gasteiger partial charge on any atom is 0.232 e. The number of rotatable bonds is 29. The van der Waals surface area contributed by atoms with Gasteiger partial charge >= 0.3 is 0 Å². The van der Waals surface area contributed by atoms with Crippen LogP contribution < -0.4 is 10.6 Å². The lowest BCUT2D eigenvalue weighted by molar-refractivity contribution is 0.678. The van der Waals surface area contributed by atoms with Gasteiger partial charge in [-0.3, -0.25) is 0 Å². The van der Waals surface area contributed by atoms with Crippen molar-refractivity contribution in [2.45, 2.75) is 196 Å². The lowest BCUT2D eigenvalue weighted by atomic mass is 9.89. The van der Waals surface area contributed by atoms with E-state index in [2.05, 4.69) is 82.5 Å². The Bertz CT molecular complexity index is 1520. The van der Waals surface area contributed by atoms with Gasteiger partial charge in [0, 0.05) is 16.9 Å². The molecule has 305 valence electrons. The highest BCUT2D eigenvalue weighted by molar-refractivity contribution is 5.66. The van der Waals surface area contributed by atoms with E-state index in [1.54, 1.807) is 11.1 Å². The number of hydrogen-bond acceptors (Lipinski definition) is 5. The van der Waals surface area contributed by atoms with Gasteiger partial charge in [0.25, 0.3) is 0 Å². The molecule has 0 saturated heterocycles. The highest BCUT2D eigenvalue weighted by Crippen LogP contribution is 2.31. The Morgan fingerprint density at radius 2 is 0.732 bits per heavy atom. The first kappa shape index (κ1) is 45.0. The average molecular weight is 759 g/mol. The van der Waals surface area contributed by atoms with Crippen LogP contribution in [-0.4, -0.2) is 15.0 Å². The first-order valence-electron chi connectivity index (χ1n) is 23.1. The second-order valence-corrected chi connectivity index (χ2v) is 16.1. The van der Waals surface area contributed by atoms with Crippen LogP contribution >= 0.6 is 0 Å². The van der Waals surface area contributed by atoms with Gasteiger partial charge in [-0.15, -0.1) is 0 Å². The lowest BCUT2D eigenvalue weighted by Crippen LogP contribution is -2.09. The normalized spacial score (nSPS) is 11.3. The summed E-state index contributed by atoms with van der Waals surface area (Å²) in [5.74, 6) is 1.81. The van der Waals surface area contributed by atoms with Gasteiger partial charge in [0.1, 0.15) is 0 Å². The van der Waals surface area contributed by atoms with Gasteiger partial charge in [0.15, 0.2) is 5.82 Å². The summed E-state index contributed by atoms with van der Waals surface area (Å²) in [5.41, 5.74) is 12.3. The van der Waals surface area contributed by atoms with Crippen LogP contribution in [0.15, 0.2) is 48.5 Å². The topological polar surface area (TPSA) is 62.7 Å². The van der Waals surface area contributed by atoms with E-state index in [-0.39, 0.29) is 0 Å². The number of nitrogens with one attached hydrogen (secondary N) is 2. The van der Waals surface area contributed by atoms with Crippen LogP contribution in [0.25, 0.3) is 11.4 Å². The molecule has 0 saturated carbocycles. The number of nitrogens with zero attached hydrogens (tertiary/aromatic N) is 3. The summed E-state index contributed by atoms with van der Waals surface area (Å²) >= 11 is 0. The monoisotopic (exact) mass is 759 g/mol. The number of unbranched alkanes of at least 4 members (excludes halogenated alkanes) is 12. The Labute approximate surface area is 342 Å². The number of anilines is 4. The molecule has 5 heteroatoms. The van der Waals surface area contributed by atoms with Gasteiger partial charge < -0.3 is 10.6 Å². The fourth-order valence-corrected chi connectivity index (χ4v) is 8.05. The molecular formula is C51H76N5. The van der Waals surface area contributed by atoms with E-state index < -0.39 is 0 Å². The molecule has 1 aromatic heterocycles. The van der Waals surface area contributed by atoms with Crippen molar-refractivity contribution in [3.8, 4) is 11.4 Å². The van der Waals surface area contributed by atoms with Crippen molar-refractivity contribution < 1.29 is 0 Å². The summed E-state index contributed by atoms with van der Waals surface area (Å²) in [7, 11) is 0. The molecule has 0 aliphatic carbocycles.